The van der Waals surface area contributed by atoms with Crippen molar-refractivity contribution in [1.82, 2.24) is 0 Å². The van der Waals surface area contributed by atoms with Gasteiger partial charge in [0.15, 0.2) is 5.78 Å². The Kier molecular flexibility index (Phi) is 3.66. The van der Waals surface area contributed by atoms with Crippen molar-refractivity contribution in [2.45, 2.75) is 13.8 Å². The minimum Gasteiger partial charge on any atom is -0.397 e. The van der Waals surface area contributed by atoms with E-state index in [0.29, 0.717) is 21.8 Å². The number of nitrogen functional groups attached to an aromatic ring is 1. The Morgan fingerprint density at radius 3 is 2.39 bits per heavy atom. The Bertz CT molecular complexity index is 611. The number of carbonyl (C=O) groups is 1. The van der Waals surface area contributed by atoms with Crippen LogP contribution in [0.15, 0.2) is 18.2 Å². The fourth-order valence-corrected chi connectivity index (χ4v) is 3.01. The van der Waals surface area contributed by atoms with E-state index in [0.717, 1.165) is 9.75 Å². The Hall–Kier alpha value is -1.03. The topological polar surface area (TPSA) is 43.1 Å². The number of rotatable bonds is 2. The molecule has 0 amide bonds. The van der Waals surface area contributed by atoms with Gasteiger partial charge in [-0.25, -0.2) is 0 Å². The van der Waals surface area contributed by atoms with Gasteiger partial charge in [-0.15, -0.1) is 11.3 Å². The lowest BCUT2D eigenvalue weighted by Gasteiger charge is -2.05. The zero-order valence-corrected chi connectivity index (χ0v) is 12.2. The van der Waals surface area contributed by atoms with Crippen molar-refractivity contribution < 1.29 is 4.79 Å². The maximum Gasteiger partial charge on any atom is 0.194 e. The second-order valence-corrected chi connectivity index (χ2v) is 6.26. The number of carbonyl (C=O) groups excluding carboxylic acids is 1. The number of halogens is 2. The second-order valence-electron chi connectivity index (χ2n) is 4.02. The molecule has 94 valence electrons. The van der Waals surface area contributed by atoms with Crippen molar-refractivity contribution in [1.29, 1.82) is 0 Å². The SMILES string of the molecule is Cc1cc(C(=O)c2cc(N)c(Cl)c(Cl)c2)c(C)s1. The highest BCUT2D eigenvalue weighted by Gasteiger charge is 2.16. The van der Waals surface area contributed by atoms with E-state index >= 15 is 0 Å². The fraction of sp³-hybridized carbons (Fsp3) is 0.154. The molecule has 0 bridgehead atoms. The Morgan fingerprint density at radius 1 is 1.22 bits per heavy atom. The smallest absolute Gasteiger partial charge is 0.194 e. The predicted molar refractivity (Wildman–Crippen MR) is 78.1 cm³/mol. The first-order valence-electron chi connectivity index (χ1n) is 5.26. The van der Waals surface area contributed by atoms with Crippen molar-refractivity contribution in [3.8, 4) is 0 Å². The summed E-state index contributed by atoms with van der Waals surface area (Å²) in [4.78, 5) is 14.4. The molecule has 1 aromatic heterocycles. The molecular weight excluding hydrogens is 289 g/mol. The summed E-state index contributed by atoms with van der Waals surface area (Å²) in [5.41, 5.74) is 7.18. The first kappa shape index (κ1) is 13.4. The van der Waals surface area contributed by atoms with Gasteiger partial charge in [-0.2, -0.15) is 0 Å². The van der Waals surface area contributed by atoms with Gasteiger partial charge in [0, 0.05) is 20.9 Å². The molecule has 18 heavy (non-hydrogen) atoms. The summed E-state index contributed by atoms with van der Waals surface area (Å²) in [7, 11) is 0. The predicted octanol–water partition coefficient (Wildman–Crippen LogP) is 4.48. The second kappa shape index (κ2) is 4.92. The zero-order valence-electron chi connectivity index (χ0n) is 9.88. The van der Waals surface area contributed by atoms with Crippen LogP contribution in [-0.2, 0) is 0 Å². The molecule has 0 unspecified atom stereocenters. The standard InChI is InChI=1S/C13H11Cl2NOS/c1-6-3-9(7(2)18-6)13(17)8-4-10(14)12(15)11(16)5-8/h3-5H,16H2,1-2H3. The van der Waals surface area contributed by atoms with Crippen LogP contribution in [0.3, 0.4) is 0 Å². The van der Waals surface area contributed by atoms with E-state index in [1.165, 1.54) is 0 Å². The minimum atomic E-state index is -0.0814. The van der Waals surface area contributed by atoms with Crippen LogP contribution >= 0.6 is 34.5 Å². The molecule has 2 nitrogen and oxygen atoms in total. The van der Waals surface area contributed by atoms with Crippen molar-refractivity contribution in [3.05, 3.63) is 49.1 Å². The molecule has 1 heterocycles. The van der Waals surface area contributed by atoms with Gasteiger partial charge in [-0.1, -0.05) is 23.2 Å². The molecule has 0 aliphatic carbocycles. The molecule has 0 fully saturated rings. The fourth-order valence-electron chi connectivity index (χ4n) is 1.75. The van der Waals surface area contributed by atoms with Crippen molar-refractivity contribution >= 4 is 46.0 Å². The molecule has 0 saturated carbocycles. The number of hydrogen-bond donors (Lipinski definition) is 1. The third-order valence-corrected chi connectivity index (χ3v) is 4.39. The van der Waals surface area contributed by atoms with Gasteiger partial charge in [0.2, 0.25) is 0 Å². The van der Waals surface area contributed by atoms with Crippen LogP contribution in [0, 0.1) is 13.8 Å². The van der Waals surface area contributed by atoms with Gasteiger partial charge >= 0.3 is 0 Å². The summed E-state index contributed by atoms with van der Waals surface area (Å²) in [6, 6.07) is 4.99. The summed E-state index contributed by atoms with van der Waals surface area (Å²) >= 11 is 13.4. The first-order chi connectivity index (χ1) is 8.40. The lowest BCUT2D eigenvalue weighted by atomic mass is 10.0. The molecule has 0 spiro atoms. The first-order valence-corrected chi connectivity index (χ1v) is 6.83. The van der Waals surface area contributed by atoms with Crippen LogP contribution in [-0.4, -0.2) is 5.78 Å². The van der Waals surface area contributed by atoms with Crippen LogP contribution in [0.1, 0.15) is 25.7 Å². The van der Waals surface area contributed by atoms with E-state index in [9.17, 15) is 4.79 Å². The van der Waals surface area contributed by atoms with Crippen molar-refractivity contribution in [3.63, 3.8) is 0 Å². The molecule has 1 aromatic carbocycles. The van der Waals surface area contributed by atoms with E-state index in [1.807, 2.05) is 19.9 Å². The molecule has 2 aromatic rings. The van der Waals surface area contributed by atoms with E-state index in [4.69, 9.17) is 28.9 Å². The minimum absolute atomic E-state index is 0.0814. The Morgan fingerprint density at radius 2 is 1.89 bits per heavy atom. The molecule has 5 heteroatoms. The quantitative estimate of drug-likeness (QED) is 0.656. The highest BCUT2D eigenvalue weighted by atomic mass is 35.5. The number of nitrogens with two attached hydrogens (primary N) is 1. The summed E-state index contributed by atoms with van der Waals surface area (Å²) < 4.78 is 0. The van der Waals surface area contributed by atoms with E-state index in [2.05, 4.69) is 0 Å². The van der Waals surface area contributed by atoms with E-state index in [1.54, 1.807) is 23.5 Å². The third-order valence-electron chi connectivity index (χ3n) is 2.60. The highest BCUT2D eigenvalue weighted by Crippen LogP contribution is 2.31. The lowest BCUT2D eigenvalue weighted by Crippen LogP contribution is -2.03. The monoisotopic (exact) mass is 299 g/mol. The molecule has 0 aliphatic heterocycles. The van der Waals surface area contributed by atoms with Crippen LogP contribution in [0.2, 0.25) is 10.0 Å². The largest absolute Gasteiger partial charge is 0.397 e. The zero-order chi connectivity index (χ0) is 13.4. The summed E-state index contributed by atoms with van der Waals surface area (Å²) in [5.74, 6) is -0.0814. The highest BCUT2D eigenvalue weighted by molar-refractivity contribution is 7.12. The third kappa shape index (κ3) is 2.39. The summed E-state index contributed by atoms with van der Waals surface area (Å²) in [6.45, 7) is 3.89. The molecular formula is C13H11Cl2NOS. The summed E-state index contributed by atoms with van der Waals surface area (Å²) in [5, 5.41) is 0.580. The summed E-state index contributed by atoms with van der Waals surface area (Å²) in [6.07, 6.45) is 0. The van der Waals surface area contributed by atoms with Gasteiger partial charge in [0.1, 0.15) is 0 Å². The van der Waals surface area contributed by atoms with Crippen LogP contribution in [0.25, 0.3) is 0 Å². The number of thiophene rings is 1. The van der Waals surface area contributed by atoms with Crippen molar-refractivity contribution in [2.75, 3.05) is 5.73 Å². The van der Waals surface area contributed by atoms with Gasteiger partial charge in [-0.3, -0.25) is 4.79 Å². The van der Waals surface area contributed by atoms with Crippen molar-refractivity contribution in [2.24, 2.45) is 0 Å². The molecule has 2 N–H and O–H groups in total. The maximum absolute atomic E-state index is 12.3. The van der Waals surface area contributed by atoms with Crippen LogP contribution in [0.5, 0.6) is 0 Å². The average Bonchev–Trinajstić information content (AvgIpc) is 2.63. The molecule has 0 radical (unpaired) electrons. The van der Waals surface area contributed by atoms with Crippen LogP contribution in [0.4, 0.5) is 5.69 Å². The van der Waals surface area contributed by atoms with Crippen LogP contribution < -0.4 is 5.73 Å². The molecule has 0 aliphatic rings. The van der Waals surface area contributed by atoms with E-state index in [-0.39, 0.29) is 10.8 Å². The van der Waals surface area contributed by atoms with Gasteiger partial charge in [-0.05, 0) is 32.0 Å². The number of benzene rings is 1. The Labute approximate surface area is 119 Å². The molecule has 2 rings (SSSR count). The van der Waals surface area contributed by atoms with Gasteiger partial charge in [0.05, 0.1) is 15.7 Å². The van der Waals surface area contributed by atoms with Gasteiger partial charge < -0.3 is 5.73 Å². The number of anilines is 1. The number of aryl methyl sites for hydroxylation is 2. The van der Waals surface area contributed by atoms with Gasteiger partial charge in [0.25, 0.3) is 0 Å². The lowest BCUT2D eigenvalue weighted by molar-refractivity contribution is 0.103. The molecule has 0 saturated heterocycles. The average molecular weight is 300 g/mol. The van der Waals surface area contributed by atoms with E-state index < -0.39 is 0 Å². The molecule has 0 atom stereocenters. The Balaban J connectivity index is 2.50. The number of ketones is 1. The maximum atomic E-state index is 12.3. The normalized spacial score (nSPS) is 10.7. The number of hydrogen-bond acceptors (Lipinski definition) is 3.